The summed E-state index contributed by atoms with van der Waals surface area (Å²) >= 11 is 0. The molecule has 0 aromatic carbocycles. The second kappa shape index (κ2) is 8.96. The summed E-state index contributed by atoms with van der Waals surface area (Å²) in [6.45, 7) is 6.18. The molecule has 1 aromatic rings. The van der Waals surface area contributed by atoms with Gasteiger partial charge in [0.1, 0.15) is 0 Å². The van der Waals surface area contributed by atoms with E-state index in [0.717, 1.165) is 38.2 Å². The van der Waals surface area contributed by atoms with Gasteiger partial charge in [-0.3, -0.25) is 0 Å². The molecule has 0 saturated carbocycles. The van der Waals surface area contributed by atoms with Crippen LogP contribution in [-0.2, 0) is 6.54 Å². The Morgan fingerprint density at radius 3 is 2.82 bits per heavy atom. The fraction of sp³-hybridized carbons (Fsp3) is 0.615. The average molecular weight is 237 g/mol. The van der Waals surface area contributed by atoms with Gasteiger partial charge in [0.25, 0.3) is 0 Å². The number of hydrogen-bond donors (Lipinski definition) is 2. The molecule has 0 saturated heterocycles. The lowest BCUT2D eigenvalue weighted by Crippen LogP contribution is -2.22. The van der Waals surface area contributed by atoms with Gasteiger partial charge in [0.15, 0.2) is 0 Å². The molecule has 1 heterocycles. The quantitative estimate of drug-likeness (QED) is 0.640. The van der Waals surface area contributed by atoms with Crippen molar-refractivity contribution in [2.45, 2.75) is 26.3 Å². The van der Waals surface area contributed by atoms with E-state index in [4.69, 9.17) is 4.74 Å². The van der Waals surface area contributed by atoms with E-state index >= 15 is 0 Å². The van der Waals surface area contributed by atoms with Gasteiger partial charge in [-0.2, -0.15) is 0 Å². The Morgan fingerprint density at radius 2 is 2.06 bits per heavy atom. The maximum atomic E-state index is 5.19. The second-order valence-corrected chi connectivity index (χ2v) is 3.95. The Labute approximate surface area is 104 Å². The first-order valence-corrected chi connectivity index (χ1v) is 6.27. The van der Waals surface area contributed by atoms with Gasteiger partial charge in [-0.05, 0) is 38.5 Å². The molecule has 0 aliphatic rings. The van der Waals surface area contributed by atoms with Crippen LogP contribution in [0.15, 0.2) is 18.3 Å². The Hall–Kier alpha value is -1.13. The summed E-state index contributed by atoms with van der Waals surface area (Å²) in [5.41, 5.74) is 1.11. The molecule has 4 nitrogen and oxygen atoms in total. The summed E-state index contributed by atoms with van der Waals surface area (Å²) in [4.78, 5) is 4.16. The molecular weight excluding hydrogens is 214 g/mol. The van der Waals surface area contributed by atoms with E-state index in [0.29, 0.717) is 5.88 Å². The van der Waals surface area contributed by atoms with Crippen LogP contribution in [0.5, 0.6) is 5.88 Å². The average Bonchev–Trinajstić information content (AvgIpc) is 2.38. The molecule has 2 N–H and O–H groups in total. The molecule has 0 fully saturated rings. The minimum Gasteiger partial charge on any atom is -0.481 e. The van der Waals surface area contributed by atoms with Crippen molar-refractivity contribution in [1.82, 2.24) is 15.6 Å². The van der Waals surface area contributed by atoms with Crippen molar-refractivity contribution in [3.05, 3.63) is 23.9 Å². The van der Waals surface area contributed by atoms with Crippen LogP contribution in [0.2, 0.25) is 0 Å². The van der Waals surface area contributed by atoms with Crippen LogP contribution < -0.4 is 15.4 Å². The molecule has 0 aliphatic carbocycles. The topological polar surface area (TPSA) is 46.2 Å². The van der Waals surface area contributed by atoms with Gasteiger partial charge >= 0.3 is 0 Å². The summed E-state index contributed by atoms with van der Waals surface area (Å²) in [5.74, 6) is 0.712. The number of hydrogen-bond acceptors (Lipinski definition) is 4. The predicted molar refractivity (Wildman–Crippen MR) is 70.3 cm³/mol. The fourth-order valence-corrected chi connectivity index (χ4v) is 1.61. The van der Waals surface area contributed by atoms with Gasteiger partial charge < -0.3 is 15.4 Å². The van der Waals surface area contributed by atoms with Gasteiger partial charge in [0.05, 0.1) is 7.11 Å². The van der Waals surface area contributed by atoms with Crippen LogP contribution in [0, 0.1) is 0 Å². The molecule has 0 atom stereocenters. The van der Waals surface area contributed by atoms with Crippen molar-refractivity contribution < 1.29 is 4.74 Å². The molecule has 96 valence electrons. The number of nitrogens with one attached hydrogen (secondary N) is 2. The van der Waals surface area contributed by atoms with Crippen LogP contribution in [0.1, 0.15) is 25.3 Å². The van der Waals surface area contributed by atoms with Crippen molar-refractivity contribution in [2.24, 2.45) is 0 Å². The third-order valence-electron chi connectivity index (χ3n) is 2.49. The normalized spacial score (nSPS) is 10.5. The standard InChI is InChI=1S/C13H23N3O/c1-3-7-14-8-5-9-15-11-12-6-4-10-16-13(12)17-2/h4,6,10,14-15H,3,5,7-9,11H2,1-2H3. The van der Waals surface area contributed by atoms with Gasteiger partial charge in [0, 0.05) is 18.3 Å². The highest BCUT2D eigenvalue weighted by Crippen LogP contribution is 2.12. The van der Waals surface area contributed by atoms with Crippen molar-refractivity contribution in [2.75, 3.05) is 26.7 Å². The summed E-state index contributed by atoms with van der Waals surface area (Å²) in [6.07, 6.45) is 4.08. The number of pyridine rings is 1. The zero-order valence-electron chi connectivity index (χ0n) is 10.8. The smallest absolute Gasteiger partial charge is 0.217 e. The highest BCUT2D eigenvalue weighted by molar-refractivity contribution is 5.24. The number of aromatic nitrogens is 1. The van der Waals surface area contributed by atoms with Crippen LogP contribution in [0.25, 0.3) is 0 Å². The first-order valence-electron chi connectivity index (χ1n) is 6.27. The van der Waals surface area contributed by atoms with E-state index < -0.39 is 0 Å². The number of ether oxygens (including phenoxy) is 1. The van der Waals surface area contributed by atoms with Gasteiger partial charge in [-0.25, -0.2) is 4.98 Å². The van der Waals surface area contributed by atoms with Gasteiger partial charge in [-0.15, -0.1) is 0 Å². The zero-order valence-corrected chi connectivity index (χ0v) is 10.8. The fourth-order valence-electron chi connectivity index (χ4n) is 1.61. The maximum Gasteiger partial charge on any atom is 0.217 e. The Bertz CT molecular complexity index is 304. The third-order valence-corrected chi connectivity index (χ3v) is 2.49. The van der Waals surface area contributed by atoms with Crippen LogP contribution in [0.4, 0.5) is 0 Å². The first-order chi connectivity index (χ1) is 8.38. The predicted octanol–water partition coefficient (Wildman–Crippen LogP) is 1.57. The van der Waals surface area contributed by atoms with Crippen LogP contribution >= 0.6 is 0 Å². The SMILES string of the molecule is CCCNCCCNCc1cccnc1OC. The minimum atomic E-state index is 0.712. The highest BCUT2D eigenvalue weighted by Gasteiger charge is 2.01. The third kappa shape index (κ3) is 5.65. The number of rotatable bonds is 9. The van der Waals surface area contributed by atoms with E-state index in [1.807, 2.05) is 12.1 Å². The van der Waals surface area contributed by atoms with Crippen molar-refractivity contribution in [3.8, 4) is 5.88 Å². The van der Waals surface area contributed by atoms with Gasteiger partial charge in [0.2, 0.25) is 5.88 Å². The van der Waals surface area contributed by atoms with E-state index in [9.17, 15) is 0 Å². The number of methoxy groups -OCH3 is 1. The minimum absolute atomic E-state index is 0.712. The molecule has 0 amide bonds. The van der Waals surface area contributed by atoms with Crippen LogP contribution in [0.3, 0.4) is 0 Å². The molecule has 0 bridgehead atoms. The Kier molecular flexibility index (Phi) is 7.34. The van der Waals surface area contributed by atoms with Crippen molar-refractivity contribution in [1.29, 1.82) is 0 Å². The van der Waals surface area contributed by atoms with E-state index in [2.05, 4.69) is 22.5 Å². The molecule has 4 heteroatoms. The summed E-state index contributed by atoms with van der Waals surface area (Å²) in [6, 6.07) is 3.97. The lowest BCUT2D eigenvalue weighted by molar-refractivity contribution is 0.390. The number of nitrogens with zero attached hydrogens (tertiary/aromatic N) is 1. The van der Waals surface area contributed by atoms with Crippen LogP contribution in [-0.4, -0.2) is 31.7 Å². The second-order valence-electron chi connectivity index (χ2n) is 3.95. The Morgan fingerprint density at radius 1 is 1.24 bits per heavy atom. The largest absolute Gasteiger partial charge is 0.481 e. The lowest BCUT2D eigenvalue weighted by atomic mass is 10.2. The highest BCUT2D eigenvalue weighted by atomic mass is 16.5. The molecule has 0 unspecified atom stereocenters. The summed E-state index contributed by atoms with van der Waals surface area (Å²) < 4.78 is 5.19. The summed E-state index contributed by atoms with van der Waals surface area (Å²) in [7, 11) is 1.65. The van der Waals surface area contributed by atoms with Gasteiger partial charge in [-0.1, -0.05) is 13.0 Å². The molecule has 1 aromatic heterocycles. The summed E-state index contributed by atoms with van der Waals surface area (Å²) in [5, 5.41) is 6.77. The van der Waals surface area contributed by atoms with E-state index in [1.165, 1.54) is 6.42 Å². The molecule has 0 radical (unpaired) electrons. The van der Waals surface area contributed by atoms with E-state index in [-0.39, 0.29) is 0 Å². The maximum absolute atomic E-state index is 5.19. The first kappa shape index (κ1) is 13.9. The van der Waals surface area contributed by atoms with E-state index in [1.54, 1.807) is 13.3 Å². The molecule has 0 spiro atoms. The Balaban J connectivity index is 2.13. The monoisotopic (exact) mass is 237 g/mol. The molecule has 17 heavy (non-hydrogen) atoms. The lowest BCUT2D eigenvalue weighted by Gasteiger charge is -2.08. The molecule has 1 rings (SSSR count). The molecular formula is C13H23N3O. The zero-order chi connectivity index (χ0) is 12.3. The van der Waals surface area contributed by atoms with Crippen molar-refractivity contribution in [3.63, 3.8) is 0 Å². The van der Waals surface area contributed by atoms with Crippen molar-refractivity contribution >= 4 is 0 Å². The molecule has 0 aliphatic heterocycles.